The summed E-state index contributed by atoms with van der Waals surface area (Å²) < 4.78 is 14.5. The van der Waals surface area contributed by atoms with E-state index in [4.69, 9.17) is 13.7 Å². The minimum absolute atomic E-state index is 0.0746. The molecule has 0 amide bonds. The Labute approximate surface area is 217 Å². The number of benzene rings is 1. The van der Waals surface area contributed by atoms with Gasteiger partial charge in [-0.25, -0.2) is 0 Å². The normalized spacial score (nSPS) is 28.7. The van der Waals surface area contributed by atoms with Crippen LogP contribution in [-0.2, 0) is 20.2 Å². The first kappa shape index (κ1) is 28.8. The van der Waals surface area contributed by atoms with Gasteiger partial charge < -0.3 is 8.85 Å². The Hall–Kier alpha value is -0.766. The van der Waals surface area contributed by atoms with E-state index in [1.807, 2.05) is 0 Å². The second kappa shape index (κ2) is 10.2. The largest absolute Gasteiger partial charge is 0.412 e. The molecular formula is C29H51NO3Si2. The summed E-state index contributed by atoms with van der Waals surface area (Å²) in [7, 11) is -4.00. The van der Waals surface area contributed by atoms with E-state index in [9.17, 15) is 0 Å². The minimum atomic E-state index is -2.01. The van der Waals surface area contributed by atoms with Crippen LogP contribution >= 0.6 is 0 Å². The highest BCUT2D eigenvalue weighted by Gasteiger charge is 2.56. The number of hydrogen-bond donors (Lipinski definition) is 0. The van der Waals surface area contributed by atoms with Crippen LogP contribution in [0, 0.1) is 5.92 Å². The zero-order chi connectivity index (χ0) is 26.3. The molecule has 1 saturated carbocycles. The molecule has 1 saturated heterocycles. The number of hydrogen-bond acceptors (Lipinski definition) is 4. The highest BCUT2D eigenvalue weighted by atomic mass is 28.4. The van der Waals surface area contributed by atoms with Crippen LogP contribution in [0.3, 0.4) is 0 Å². The van der Waals surface area contributed by atoms with Crippen LogP contribution in [0.25, 0.3) is 0 Å². The summed E-state index contributed by atoms with van der Waals surface area (Å²) >= 11 is 0. The maximum absolute atomic E-state index is 7.29. The van der Waals surface area contributed by atoms with Crippen LogP contribution < -0.4 is 0 Å². The van der Waals surface area contributed by atoms with Crippen molar-refractivity contribution in [1.29, 1.82) is 0 Å². The number of hydroxylamine groups is 2. The first-order chi connectivity index (χ1) is 16.0. The van der Waals surface area contributed by atoms with Crippen molar-refractivity contribution in [2.45, 2.75) is 121 Å². The van der Waals surface area contributed by atoms with E-state index < -0.39 is 16.6 Å². The van der Waals surface area contributed by atoms with Gasteiger partial charge in [0, 0.05) is 18.9 Å². The van der Waals surface area contributed by atoms with Crippen molar-refractivity contribution in [1.82, 2.24) is 5.06 Å². The van der Waals surface area contributed by atoms with Gasteiger partial charge in [0.15, 0.2) is 16.6 Å². The van der Waals surface area contributed by atoms with Gasteiger partial charge in [-0.2, -0.15) is 5.06 Å². The van der Waals surface area contributed by atoms with E-state index in [1.54, 1.807) is 0 Å². The Morgan fingerprint density at radius 2 is 1.60 bits per heavy atom. The SMILES string of the molecule is C=CC[C@]1(O[Si](C)(C)C(C)(C)C)C[C@@H]2CON(Cc3ccccc3)[C@@H]2[C@@H](O[Si](C)(C)C(C)(C)C)C1. The molecule has 4 atom stereocenters. The zero-order valence-corrected chi connectivity index (χ0v) is 26.1. The molecule has 1 aromatic carbocycles. The van der Waals surface area contributed by atoms with E-state index in [0.29, 0.717) is 5.92 Å². The number of rotatable bonds is 8. The molecule has 0 aromatic heterocycles. The fraction of sp³-hybridized carbons (Fsp3) is 0.724. The predicted octanol–water partition coefficient (Wildman–Crippen LogP) is 7.94. The highest BCUT2D eigenvalue weighted by molar-refractivity contribution is 6.74. The fourth-order valence-electron chi connectivity index (χ4n) is 5.16. The van der Waals surface area contributed by atoms with Crippen molar-refractivity contribution in [2.75, 3.05) is 6.61 Å². The molecule has 1 heterocycles. The van der Waals surface area contributed by atoms with Crippen molar-refractivity contribution in [3.8, 4) is 0 Å². The van der Waals surface area contributed by atoms with Crippen LogP contribution in [0.15, 0.2) is 43.0 Å². The van der Waals surface area contributed by atoms with Gasteiger partial charge in [0.2, 0.25) is 0 Å². The van der Waals surface area contributed by atoms with E-state index in [1.165, 1.54) is 5.56 Å². The maximum Gasteiger partial charge on any atom is 0.192 e. The molecule has 1 aliphatic carbocycles. The topological polar surface area (TPSA) is 30.9 Å². The average Bonchev–Trinajstić information content (AvgIpc) is 3.09. The molecule has 2 aliphatic rings. The Kier molecular flexibility index (Phi) is 8.38. The summed E-state index contributed by atoms with van der Waals surface area (Å²) in [5, 5.41) is 2.52. The smallest absolute Gasteiger partial charge is 0.192 e. The van der Waals surface area contributed by atoms with Crippen LogP contribution in [0.2, 0.25) is 36.3 Å². The molecular weight excluding hydrogens is 466 g/mol. The van der Waals surface area contributed by atoms with Crippen molar-refractivity contribution in [3.05, 3.63) is 48.6 Å². The van der Waals surface area contributed by atoms with Gasteiger partial charge in [0.1, 0.15) is 0 Å². The Morgan fingerprint density at radius 3 is 2.14 bits per heavy atom. The summed E-state index contributed by atoms with van der Waals surface area (Å²) in [6.07, 6.45) is 4.89. The average molecular weight is 518 g/mol. The first-order valence-corrected chi connectivity index (χ1v) is 19.2. The lowest BCUT2D eigenvalue weighted by Crippen LogP contribution is -2.61. The van der Waals surface area contributed by atoms with Crippen molar-refractivity contribution >= 4 is 16.6 Å². The van der Waals surface area contributed by atoms with Crippen LogP contribution in [0.1, 0.15) is 66.4 Å². The molecule has 0 N–H and O–H groups in total. The summed E-state index contributed by atoms with van der Waals surface area (Å²) in [6, 6.07) is 10.9. The maximum atomic E-state index is 7.29. The Morgan fingerprint density at radius 1 is 1.00 bits per heavy atom. The molecule has 2 fully saturated rings. The van der Waals surface area contributed by atoms with E-state index >= 15 is 0 Å². The summed E-state index contributed by atoms with van der Waals surface area (Å²) in [4.78, 5) is 6.40. The minimum Gasteiger partial charge on any atom is -0.412 e. The number of nitrogens with zero attached hydrogens (tertiary/aromatic N) is 1. The molecule has 0 radical (unpaired) electrons. The van der Waals surface area contributed by atoms with Gasteiger partial charge in [-0.15, -0.1) is 6.58 Å². The van der Waals surface area contributed by atoms with Crippen LogP contribution in [-0.4, -0.2) is 46.1 Å². The lowest BCUT2D eigenvalue weighted by Gasteiger charge is -2.53. The van der Waals surface area contributed by atoms with Gasteiger partial charge in [-0.3, -0.25) is 4.84 Å². The predicted molar refractivity (Wildman–Crippen MR) is 152 cm³/mol. The van der Waals surface area contributed by atoms with Gasteiger partial charge in [-0.05, 0) is 54.7 Å². The van der Waals surface area contributed by atoms with E-state index in [2.05, 4.69) is 116 Å². The molecule has 198 valence electrons. The molecule has 0 spiro atoms. The van der Waals surface area contributed by atoms with Crippen molar-refractivity contribution in [2.24, 2.45) is 5.92 Å². The molecule has 1 aromatic rings. The lowest BCUT2D eigenvalue weighted by molar-refractivity contribution is -0.166. The lowest BCUT2D eigenvalue weighted by atomic mass is 9.72. The number of fused-ring (bicyclic) bond motifs is 1. The van der Waals surface area contributed by atoms with Crippen molar-refractivity contribution in [3.63, 3.8) is 0 Å². The second-order valence-corrected chi connectivity index (χ2v) is 23.5. The third-order valence-corrected chi connectivity index (χ3v) is 18.1. The van der Waals surface area contributed by atoms with Gasteiger partial charge in [0.05, 0.1) is 24.4 Å². The third-order valence-electron chi connectivity index (χ3n) is 9.09. The molecule has 4 nitrogen and oxygen atoms in total. The Balaban J connectivity index is 1.97. The highest BCUT2D eigenvalue weighted by Crippen LogP contribution is 2.50. The Bertz CT molecular complexity index is 859. The van der Waals surface area contributed by atoms with Gasteiger partial charge in [-0.1, -0.05) is 78.0 Å². The van der Waals surface area contributed by atoms with Crippen molar-refractivity contribution < 1.29 is 13.7 Å². The molecule has 6 heteroatoms. The summed E-state index contributed by atoms with van der Waals surface area (Å²) in [6.45, 7) is 29.1. The molecule has 0 unspecified atom stereocenters. The van der Waals surface area contributed by atoms with Gasteiger partial charge >= 0.3 is 0 Å². The van der Waals surface area contributed by atoms with Crippen LogP contribution in [0.4, 0.5) is 0 Å². The summed E-state index contributed by atoms with van der Waals surface area (Å²) in [5.74, 6) is 0.381. The molecule has 1 aliphatic heterocycles. The van der Waals surface area contributed by atoms with E-state index in [-0.39, 0.29) is 27.8 Å². The second-order valence-electron chi connectivity index (χ2n) is 14.0. The standard InChI is InChI=1S/C29H51NO3Si2/c1-12-18-29(33-35(10,11)28(5,6)7)19-24-22-31-30(21-23-16-14-13-15-17-23)26(24)25(20-29)32-34(8,9)27(2,3)4/h12-17,24-26H,1,18-22H2,2-11H3/t24-,25+,26+,29+/m1/s1. The first-order valence-electron chi connectivity index (χ1n) is 13.4. The zero-order valence-electron chi connectivity index (χ0n) is 24.1. The van der Waals surface area contributed by atoms with Crippen LogP contribution in [0.5, 0.6) is 0 Å². The third kappa shape index (κ3) is 6.39. The fourth-order valence-corrected chi connectivity index (χ4v) is 8.13. The van der Waals surface area contributed by atoms with E-state index in [0.717, 1.165) is 32.4 Å². The van der Waals surface area contributed by atoms with Gasteiger partial charge in [0.25, 0.3) is 0 Å². The molecule has 3 rings (SSSR count). The molecule has 35 heavy (non-hydrogen) atoms. The summed E-state index contributed by atoms with van der Waals surface area (Å²) in [5.41, 5.74) is 1.03. The quantitative estimate of drug-likeness (QED) is 0.259. The molecule has 0 bridgehead atoms. The monoisotopic (exact) mass is 517 g/mol.